The second-order valence-corrected chi connectivity index (χ2v) is 8.67. The highest BCUT2D eigenvalue weighted by Gasteiger charge is 2.33. The first-order valence-corrected chi connectivity index (χ1v) is 10.1. The van der Waals surface area contributed by atoms with Crippen molar-refractivity contribution in [2.75, 3.05) is 6.61 Å². The lowest BCUT2D eigenvalue weighted by Gasteiger charge is -2.23. The predicted molar refractivity (Wildman–Crippen MR) is 108 cm³/mol. The number of rotatable bonds is 8. The Bertz CT molecular complexity index is 668. The number of benzene rings is 1. The van der Waals surface area contributed by atoms with Gasteiger partial charge < -0.3 is 24.3 Å². The number of esters is 1. The highest BCUT2D eigenvalue weighted by atomic mass is 16.7. The van der Waals surface area contributed by atoms with Gasteiger partial charge in [0, 0.05) is 0 Å². The smallest absolute Gasteiger partial charge is 0.408 e. The van der Waals surface area contributed by atoms with Crippen molar-refractivity contribution >= 4 is 12.1 Å². The Labute approximate surface area is 173 Å². The number of alkyl carbamates (subject to hydrolysis) is 1. The molecule has 7 heteroatoms. The summed E-state index contributed by atoms with van der Waals surface area (Å²) in [6, 6.07) is 8.62. The first-order chi connectivity index (χ1) is 13.5. The Balaban J connectivity index is 1.89. The van der Waals surface area contributed by atoms with Gasteiger partial charge in [-0.1, -0.05) is 30.3 Å². The van der Waals surface area contributed by atoms with Gasteiger partial charge in [0.1, 0.15) is 18.2 Å². The van der Waals surface area contributed by atoms with Crippen molar-refractivity contribution in [3.8, 4) is 0 Å². The third-order valence-corrected chi connectivity index (χ3v) is 4.29. The molecule has 2 rings (SSSR count). The Hall–Kier alpha value is -2.12. The van der Waals surface area contributed by atoms with Crippen LogP contribution in [0.4, 0.5) is 4.79 Å². The van der Waals surface area contributed by atoms with Gasteiger partial charge in [-0.2, -0.15) is 0 Å². The van der Waals surface area contributed by atoms with E-state index in [0.717, 1.165) is 12.0 Å². The summed E-state index contributed by atoms with van der Waals surface area (Å²) in [7, 11) is 0. The van der Waals surface area contributed by atoms with Crippen LogP contribution in [-0.4, -0.2) is 42.2 Å². The molecule has 0 aliphatic carbocycles. The van der Waals surface area contributed by atoms with Crippen LogP contribution < -0.4 is 5.32 Å². The van der Waals surface area contributed by atoms with E-state index in [4.69, 9.17) is 18.9 Å². The van der Waals surface area contributed by atoms with E-state index in [9.17, 15) is 9.59 Å². The zero-order chi connectivity index (χ0) is 21.5. The van der Waals surface area contributed by atoms with Gasteiger partial charge in [0.15, 0.2) is 5.79 Å². The minimum atomic E-state index is -0.788. The number of hydrogen-bond donors (Lipinski definition) is 1. The zero-order valence-corrected chi connectivity index (χ0v) is 18.0. The van der Waals surface area contributed by atoms with E-state index < -0.39 is 29.5 Å². The van der Waals surface area contributed by atoms with Crippen LogP contribution in [0.1, 0.15) is 59.4 Å². The van der Waals surface area contributed by atoms with Crippen molar-refractivity contribution in [2.24, 2.45) is 0 Å². The van der Waals surface area contributed by atoms with Gasteiger partial charge in [0.05, 0.1) is 12.7 Å². The molecule has 1 N–H and O–H groups in total. The monoisotopic (exact) mass is 407 g/mol. The lowest BCUT2D eigenvalue weighted by atomic mass is 10.1. The van der Waals surface area contributed by atoms with Crippen LogP contribution in [0.25, 0.3) is 0 Å². The average Bonchev–Trinajstić information content (AvgIpc) is 2.97. The van der Waals surface area contributed by atoms with Crippen LogP contribution >= 0.6 is 0 Å². The molecule has 0 aromatic heterocycles. The first kappa shape index (κ1) is 23.2. The molecule has 7 nitrogen and oxygen atoms in total. The summed E-state index contributed by atoms with van der Waals surface area (Å²) < 4.78 is 22.1. The van der Waals surface area contributed by atoms with E-state index in [1.807, 2.05) is 44.2 Å². The molecular weight excluding hydrogens is 374 g/mol. The van der Waals surface area contributed by atoms with E-state index in [0.29, 0.717) is 19.4 Å². The zero-order valence-electron chi connectivity index (χ0n) is 18.0. The quantitative estimate of drug-likeness (QED) is 0.657. The maximum Gasteiger partial charge on any atom is 0.408 e. The van der Waals surface area contributed by atoms with Gasteiger partial charge >= 0.3 is 12.1 Å². The fourth-order valence-electron chi connectivity index (χ4n) is 2.98. The average molecular weight is 408 g/mol. The molecule has 29 heavy (non-hydrogen) atoms. The number of hydrogen-bond acceptors (Lipinski definition) is 6. The Morgan fingerprint density at radius 2 is 1.93 bits per heavy atom. The minimum absolute atomic E-state index is 0.0208. The van der Waals surface area contributed by atoms with E-state index in [1.54, 1.807) is 20.8 Å². The molecule has 1 saturated heterocycles. The van der Waals surface area contributed by atoms with Gasteiger partial charge in [-0.05, 0) is 59.4 Å². The normalized spacial score (nSPS) is 19.4. The standard InChI is InChI=1S/C22H33NO6/c1-21(2,3)29-20(25)23-18(13-9-12-17-15-27-22(4,5)28-17)19(24)26-14-16-10-7-6-8-11-16/h6-8,10-11,17-18H,9,12-15H2,1-5H3,(H,23,25)/t17-,18-/m0/s1. The molecule has 1 aliphatic heterocycles. The fourth-order valence-corrected chi connectivity index (χ4v) is 2.98. The van der Waals surface area contributed by atoms with Crippen molar-refractivity contribution in [1.82, 2.24) is 5.32 Å². The van der Waals surface area contributed by atoms with Gasteiger partial charge in [-0.15, -0.1) is 0 Å². The third-order valence-electron chi connectivity index (χ3n) is 4.29. The highest BCUT2D eigenvalue weighted by molar-refractivity contribution is 5.81. The number of nitrogens with one attached hydrogen (secondary N) is 1. The van der Waals surface area contributed by atoms with E-state index >= 15 is 0 Å². The molecule has 1 aromatic rings. The van der Waals surface area contributed by atoms with Crippen LogP contribution in [0.15, 0.2) is 30.3 Å². The van der Waals surface area contributed by atoms with Crippen molar-refractivity contribution in [1.29, 1.82) is 0 Å². The summed E-state index contributed by atoms with van der Waals surface area (Å²) in [5.74, 6) is -1.06. The van der Waals surface area contributed by atoms with Crippen LogP contribution in [0.5, 0.6) is 0 Å². The topological polar surface area (TPSA) is 83.1 Å². The van der Waals surface area contributed by atoms with Crippen molar-refractivity contribution in [3.63, 3.8) is 0 Å². The molecule has 2 atom stereocenters. The Kier molecular flexibility index (Phi) is 8.05. The molecule has 0 spiro atoms. The second kappa shape index (κ2) is 10.1. The maximum absolute atomic E-state index is 12.6. The molecule has 0 radical (unpaired) electrons. The summed E-state index contributed by atoms with van der Waals surface area (Å²) in [6.45, 7) is 9.74. The predicted octanol–water partition coefficient (Wildman–Crippen LogP) is 3.94. The fraction of sp³-hybridized carbons (Fsp3) is 0.636. The lowest BCUT2D eigenvalue weighted by Crippen LogP contribution is -2.44. The van der Waals surface area contributed by atoms with Gasteiger partial charge in [-0.25, -0.2) is 9.59 Å². The third kappa shape index (κ3) is 8.83. The van der Waals surface area contributed by atoms with Crippen molar-refractivity contribution in [2.45, 2.75) is 84.0 Å². The molecule has 0 bridgehead atoms. The van der Waals surface area contributed by atoms with Crippen molar-refractivity contribution in [3.05, 3.63) is 35.9 Å². The van der Waals surface area contributed by atoms with Gasteiger partial charge in [0.25, 0.3) is 0 Å². The Morgan fingerprint density at radius 1 is 1.24 bits per heavy atom. The molecule has 162 valence electrons. The van der Waals surface area contributed by atoms with Crippen LogP contribution in [0.2, 0.25) is 0 Å². The molecule has 1 fully saturated rings. The molecule has 0 unspecified atom stereocenters. The second-order valence-electron chi connectivity index (χ2n) is 8.67. The lowest BCUT2D eigenvalue weighted by molar-refractivity contribution is -0.148. The number of ether oxygens (including phenoxy) is 4. The van der Waals surface area contributed by atoms with Gasteiger partial charge in [-0.3, -0.25) is 0 Å². The molecule has 1 aliphatic rings. The molecule has 1 aromatic carbocycles. The first-order valence-electron chi connectivity index (χ1n) is 10.1. The number of carbonyl (C=O) groups is 2. The Morgan fingerprint density at radius 3 is 2.52 bits per heavy atom. The largest absolute Gasteiger partial charge is 0.459 e. The highest BCUT2D eigenvalue weighted by Crippen LogP contribution is 2.25. The number of amides is 1. The van der Waals surface area contributed by atoms with E-state index in [-0.39, 0.29) is 12.7 Å². The summed E-state index contributed by atoms with van der Waals surface area (Å²) in [4.78, 5) is 24.8. The SMILES string of the molecule is CC(C)(C)OC(=O)N[C@@H](CCC[C@H]1COC(C)(C)O1)C(=O)OCc1ccccc1. The molecule has 1 amide bonds. The van der Waals surface area contributed by atoms with Gasteiger partial charge in [0.2, 0.25) is 0 Å². The van der Waals surface area contributed by atoms with Crippen LogP contribution in [0, 0.1) is 0 Å². The maximum atomic E-state index is 12.6. The van der Waals surface area contributed by atoms with Crippen molar-refractivity contribution < 1.29 is 28.5 Å². The van der Waals surface area contributed by atoms with Crippen LogP contribution in [-0.2, 0) is 30.3 Å². The molecule has 1 heterocycles. The summed E-state index contributed by atoms with van der Waals surface area (Å²) in [5.41, 5.74) is 0.235. The minimum Gasteiger partial charge on any atom is -0.459 e. The summed E-state index contributed by atoms with van der Waals surface area (Å²) in [5, 5.41) is 2.64. The van der Waals surface area contributed by atoms with E-state index in [2.05, 4.69) is 5.32 Å². The van der Waals surface area contributed by atoms with E-state index in [1.165, 1.54) is 0 Å². The molecular formula is C22H33NO6. The summed E-state index contributed by atoms with van der Waals surface area (Å²) in [6.07, 6.45) is 1.16. The number of carbonyl (C=O) groups excluding carboxylic acids is 2. The molecule has 0 saturated carbocycles. The van der Waals surface area contributed by atoms with Crippen LogP contribution in [0.3, 0.4) is 0 Å². The summed E-state index contributed by atoms with van der Waals surface area (Å²) >= 11 is 0.